The molecule has 0 saturated carbocycles. The maximum atomic E-state index is 13.4. The molecule has 0 radical (unpaired) electrons. The molecular formula is C21H14F2N2O3. The van der Waals surface area contributed by atoms with E-state index in [4.69, 9.17) is 4.42 Å². The van der Waals surface area contributed by atoms with Gasteiger partial charge in [-0.2, -0.15) is 0 Å². The van der Waals surface area contributed by atoms with Crippen LogP contribution in [-0.2, 0) is 11.3 Å². The molecule has 1 aromatic heterocycles. The van der Waals surface area contributed by atoms with Gasteiger partial charge in [-0.05, 0) is 42.0 Å². The minimum atomic E-state index is -0.572. The molecule has 7 heteroatoms. The molecule has 0 spiro atoms. The van der Waals surface area contributed by atoms with Gasteiger partial charge in [-0.1, -0.05) is 24.3 Å². The SMILES string of the molecule is O=C1NC(=Cc2ccc(-c3cccc(F)c3)o2)C(=O)N1Cc1ccc(F)cc1. The summed E-state index contributed by atoms with van der Waals surface area (Å²) in [5, 5.41) is 2.50. The molecule has 140 valence electrons. The monoisotopic (exact) mass is 380 g/mol. The number of benzene rings is 2. The number of nitrogens with one attached hydrogen (secondary N) is 1. The summed E-state index contributed by atoms with van der Waals surface area (Å²) in [5.41, 5.74) is 1.24. The Morgan fingerprint density at radius 2 is 1.75 bits per heavy atom. The number of halogens is 2. The Balaban J connectivity index is 1.53. The summed E-state index contributed by atoms with van der Waals surface area (Å²) >= 11 is 0. The van der Waals surface area contributed by atoms with Gasteiger partial charge in [-0.25, -0.2) is 13.6 Å². The highest BCUT2D eigenvalue weighted by Gasteiger charge is 2.33. The summed E-state index contributed by atoms with van der Waals surface area (Å²) in [5.74, 6) is -0.521. The van der Waals surface area contributed by atoms with E-state index in [1.807, 2.05) is 0 Å². The number of imide groups is 1. The summed E-state index contributed by atoms with van der Waals surface area (Å²) in [6.07, 6.45) is 1.41. The Morgan fingerprint density at radius 3 is 2.50 bits per heavy atom. The number of carbonyl (C=O) groups is 2. The van der Waals surface area contributed by atoms with Gasteiger partial charge in [0, 0.05) is 11.6 Å². The first-order valence-corrected chi connectivity index (χ1v) is 8.44. The van der Waals surface area contributed by atoms with E-state index < -0.39 is 17.8 Å². The predicted octanol–water partition coefficient (Wildman–Crippen LogP) is 4.32. The van der Waals surface area contributed by atoms with Crippen molar-refractivity contribution in [1.29, 1.82) is 0 Å². The fourth-order valence-electron chi connectivity index (χ4n) is 2.86. The topological polar surface area (TPSA) is 62.6 Å². The number of hydrogen-bond donors (Lipinski definition) is 1. The number of amides is 3. The molecule has 28 heavy (non-hydrogen) atoms. The lowest BCUT2D eigenvalue weighted by atomic mass is 10.2. The summed E-state index contributed by atoms with van der Waals surface area (Å²) in [6.45, 7) is 0.0228. The van der Waals surface area contributed by atoms with Crippen LogP contribution in [0.3, 0.4) is 0 Å². The van der Waals surface area contributed by atoms with Crippen molar-refractivity contribution in [2.45, 2.75) is 6.54 Å². The Bertz CT molecular complexity index is 1090. The van der Waals surface area contributed by atoms with E-state index in [9.17, 15) is 18.4 Å². The van der Waals surface area contributed by atoms with E-state index in [2.05, 4.69) is 5.32 Å². The average Bonchev–Trinajstić information content (AvgIpc) is 3.24. The van der Waals surface area contributed by atoms with E-state index in [1.54, 1.807) is 24.3 Å². The van der Waals surface area contributed by atoms with Gasteiger partial charge >= 0.3 is 6.03 Å². The lowest BCUT2D eigenvalue weighted by Crippen LogP contribution is -2.30. The van der Waals surface area contributed by atoms with Crippen LogP contribution < -0.4 is 5.32 Å². The van der Waals surface area contributed by atoms with Crippen LogP contribution in [0, 0.1) is 11.6 Å². The van der Waals surface area contributed by atoms with E-state index >= 15 is 0 Å². The van der Waals surface area contributed by atoms with Crippen LogP contribution in [0.4, 0.5) is 13.6 Å². The lowest BCUT2D eigenvalue weighted by molar-refractivity contribution is -0.123. The number of rotatable bonds is 4. The van der Waals surface area contributed by atoms with Crippen molar-refractivity contribution >= 4 is 18.0 Å². The van der Waals surface area contributed by atoms with Crippen LogP contribution >= 0.6 is 0 Å². The van der Waals surface area contributed by atoms with Crippen LogP contribution in [0.2, 0.25) is 0 Å². The molecule has 3 aromatic rings. The van der Waals surface area contributed by atoms with Crippen molar-refractivity contribution in [2.75, 3.05) is 0 Å². The number of furan rings is 1. The molecule has 0 bridgehead atoms. The van der Waals surface area contributed by atoms with Gasteiger partial charge in [-0.15, -0.1) is 0 Å². The summed E-state index contributed by atoms with van der Waals surface area (Å²) in [7, 11) is 0. The molecule has 3 amide bonds. The van der Waals surface area contributed by atoms with E-state index in [0.717, 1.165) is 4.90 Å². The zero-order valence-corrected chi connectivity index (χ0v) is 14.5. The molecule has 0 aliphatic carbocycles. The Labute approximate surface area is 158 Å². The smallest absolute Gasteiger partial charge is 0.329 e. The molecule has 1 aliphatic heterocycles. The fourth-order valence-corrected chi connectivity index (χ4v) is 2.86. The summed E-state index contributed by atoms with van der Waals surface area (Å²) in [4.78, 5) is 25.7. The van der Waals surface area contributed by atoms with Crippen LogP contribution in [0.25, 0.3) is 17.4 Å². The summed E-state index contributed by atoms with van der Waals surface area (Å²) in [6, 6.07) is 14.2. The minimum Gasteiger partial charge on any atom is -0.457 e. The molecule has 1 saturated heterocycles. The van der Waals surface area contributed by atoms with Crippen molar-refractivity contribution in [1.82, 2.24) is 10.2 Å². The second-order valence-electron chi connectivity index (χ2n) is 6.22. The highest BCUT2D eigenvalue weighted by atomic mass is 19.1. The zero-order chi connectivity index (χ0) is 19.7. The molecule has 4 rings (SSSR count). The largest absolute Gasteiger partial charge is 0.457 e. The highest BCUT2D eigenvalue weighted by Crippen LogP contribution is 2.25. The van der Waals surface area contributed by atoms with Crippen molar-refractivity contribution in [2.24, 2.45) is 0 Å². The second-order valence-corrected chi connectivity index (χ2v) is 6.22. The maximum Gasteiger partial charge on any atom is 0.329 e. The molecule has 1 aliphatic rings. The Hall–Kier alpha value is -3.74. The van der Waals surface area contributed by atoms with Gasteiger partial charge in [0.25, 0.3) is 5.91 Å². The number of urea groups is 1. The molecule has 1 fully saturated rings. The van der Waals surface area contributed by atoms with Gasteiger partial charge < -0.3 is 9.73 Å². The first kappa shape index (κ1) is 17.7. The quantitative estimate of drug-likeness (QED) is 0.542. The molecule has 2 aromatic carbocycles. The molecular weight excluding hydrogens is 366 g/mol. The second kappa shape index (κ2) is 7.11. The highest BCUT2D eigenvalue weighted by molar-refractivity contribution is 6.13. The van der Waals surface area contributed by atoms with Crippen LogP contribution in [0.5, 0.6) is 0 Å². The third-order valence-electron chi connectivity index (χ3n) is 4.24. The van der Waals surface area contributed by atoms with Gasteiger partial charge in [0.2, 0.25) is 0 Å². The van der Waals surface area contributed by atoms with E-state index in [1.165, 1.54) is 42.5 Å². The number of nitrogens with zero attached hydrogens (tertiary/aromatic N) is 1. The van der Waals surface area contributed by atoms with Gasteiger partial charge in [0.05, 0.1) is 6.54 Å². The van der Waals surface area contributed by atoms with Crippen molar-refractivity contribution in [3.63, 3.8) is 0 Å². The minimum absolute atomic E-state index is 0.0228. The lowest BCUT2D eigenvalue weighted by Gasteiger charge is -2.11. The number of carbonyl (C=O) groups excluding carboxylic acids is 2. The third kappa shape index (κ3) is 3.55. The first-order chi connectivity index (χ1) is 13.5. The molecule has 1 N–H and O–H groups in total. The molecule has 2 heterocycles. The normalized spacial score (nSPS) is 15.4. The van der Waals surface area contributed by atoms with Crippen LogP contribution in [0.1, 0.15) is 11.3 Å². The average molecular weight is 380 g/mol. The van der Waals surface area contributed by atoms with E-state index in [-0.39, 0.29) is 18.1 Å². The van der Waals surface area contributed by atoms with Crippen molar-refractivity contribution in [3.05, 3.63) is 89.3 Å². The molecule has 0 atom stereocenters. The van der Waals surface area contributed by atoms with Gasteiger partial charge in [-0.3, -0.25) is 9.69 Å². The zero-order valence-electron chi connectivity index (χ0n) is 14.5. The summed E-state index contributed by atoms with van der Waals surface area (Å²) < 4.78 is 32.0. The Kier molecular flexibility index (Phi) is 4.49. The van der Waals surface area contributed by atoms with Crippen LogP contribution in [0.15, 0.2) is 70.8 Å². The van der Waals surface area contributed by atoms with Gasteiger partial charge in [0.15, 0.2) is 0 Å². The Morgan fingerprint density at radius 1 is 0.964 bits per heavy atom. The maximum absolute atomic E-state index is 13.4. The number of hydrogen-bond acceptors (Lipinski definition) is 3. The fraction of sp³-hybridized carbons (Fsp3) is 0.0476. The van der Waals surface area contributed by atoms with Crippen LogP contribution in [-0.4, -0.2) is 16.8 Å². The van der Waals surface area contributed by atoms with Gasteiger partial charge in [0.1, 0.15) is 28.9 Å². The molecule has 0 unspecified atom stereocenters. The third-order valence-corrected chi connectivity index (χ3v) is 4.24. The van der Waals surface area contributed by atoms with Crippen molar-refractivity contribution < 1.29 is 22.8 Å². The standard InChI is InChI=1S/C21H14F2N2O3/c22-15-6-4-13(5-7-15)12-25-20(26)18(24-21(25)27)11-17-8-9-19(28-17)14-2-1-3-16(23)10-14/h1-11H,12H2,(H,24,27). The molecule has 5 nitrogen and oxygen atoms in total. The van der Waals surface area contributed by atoms with E-state index in [0.29, 0.717) is 22.6 Å². The first-order valence-electron chi connectivity index (χ1n) is 8.44. The van der Waals surface area contributed by atoms with Crippen molar-refractivity contribution in [3.8, 4) is 11.3 Å². The predicted molar refractivity (Wildman–Crippen MR) is 97.6 cm³/mol.